The first kappa shape index (κ1) is 12.0. The van der Waals surface area contributed by atoms with Crippen molar-refractivity contribution < 1.29 is 42.2 Å². The van der Waals surface area contributed by atoms with Crippen LogP contribution in [-0.2, 0) is 32.7 Å². The van der Waals surface area contributed by atoms with E-state index in [4.69, 9.17) is 5.11 Å². The van der Waals surface area contributed by atoms with Gasteiger partial charge in [0.25, 0.3) is 0 Å². The first-order valence-corrected chi connectivity index (χ1v) is 4.71. The summed E-state index contributed by atoms with van der Waals surface area (Å²) in [6.45, 7) is 2.65. The number of rotatable bonds is 3. The topological polar surface area (TPSA) is 23.5 Å². The fourth-order valence-corrected chi connectivity index (χ4v) is 1.95. The molecule has 0 aromatic carbocycles. The quantitative estimate of drug-likeness (QED) is 0.813. The van der Waals surface area contributed by atoms with Crippen LogP contribution in [0.25, 0.3) is 0 Å². The molecule has 0 aromatic rings. The summed E-state index contributed by atoms with van der Waals surface area (Å²) < 4.78 is 12.8. The Bertz CT molecular complexity index is 175. The van der Waals surface area contributed by atoms with E-state index in [0.29, 0.717) is 13.0 Å². The molecule has 1 aliphatic carbocycles. The predicted octanol–water partition coefficient (Wildman–Crippen LogP) is 0.800. The molecule has 4 heteroatoms. The maximum atomic E-state index is 12.8. The minimum atomic E-state index is -0.625. The Kier molecular flexibility index (Phi) is 4.30. The molecule has 13 heavy (non-hydrogen) atoms. The van der Waals surface area contributed by atoms with Crippen molar-refractivity contribution in [1.29, 1.82) is 0 Å². The van der Waals surface area contributed by atoms with Crippen LogP contribution in [0.5, 0.6) is 0 Å². The van der Waals surface area contributed by atoms with E-state index in [2.05, 4.69) is 4.90 Å². The molecule has 1 heterocycles. The third kappa shape index (κ3) is 2.95. The molecule has 1 atom stereocenters. The van der Waals surface area contributed by atoms with Crippen LogP contribution in [-0.4, -0.2) is 42.4 Å². The summed E-state index contributed by atoms with van der Waals surface area (Å²) in [4.78, 5) is 2.15. The van der Waals surface area contributed by atoms with Crippen LogP contribution in [0.15, 0.2) is 0 Å². The Balaban J connectivity index is 0.000000845. The molecule has 2 aliphatic rings. The molecule has 2 nitrogen and oxygen atoms in total. The van der Waals surface area contributed by atoms with Crippen LogP contribution < -0.4 is 0 Å². The average Bonchev–Trinajstić information content (AvgIpc) is 2.71. The Morgan fingerprint density at radius 2 is 2.15 bits per heavy atom. The molecule has 73 valence electrons. The van der Waals surface area contributed by atoms with Gasteiger partial charge in [-0.1, -0.05) is 0 Å². The fraction of sp³-hybridized carbons (Fsp3) is 1.00. The molecule has 1 radical (unpaired) electrons. The van der Waals surface area contributed by atoms with E-state index >= 15 is 0 Å². The van der Waals surface area contributed by atoms with Gasteiger partial charge in [0.1, 0.15) is 6.17 Å². The number of nitrogens with zero attached hydrogens (tertiary/aromatic N) is 1. The zero-order valence-electron chi connectivity index (χ0n) is 7.88. The molecule has 1 aliphatic heterocycles. The summed E-state index contributed by atoms with van der Waals surface area (Å²) in [7, 11) is 0. The van der Waals surface area contributed by atoms with Gasteiger partial charge in [-0.3, -0.25) is 4.90 Å². The molecule has 1 N–H and O–H groups in total. The van der Waals surface area contributed by atoms with Gasteiger partial charge in [0.15, 0.2) is 0 Å². The van der Waals surface area contributed by atoms with Crippen molar-refractivity contribution in [3.63, 3.8) is 0 Å². The summed E-state index contributed by atoms with van der Waals surface area (Å²) in [5, 5.41) is 9.06. The third-order valence-electron chi connectivity index (χ3n) is 3.07. The van der Waals surface area contributed by atoms with Crippen LogP contribution in [0.3, 0.4) is 0 Å². The van der Waals surface area contributed by atoms with E-state index < -0.39 is 6.17 Å². The maximum absolute atomic E-state index is 12.8. The first-order chi connectivity index (χ1) is 5.74. The number of hydrogen-bond donors (Lipinski definition) is 1. The normalized spacial score (nSPS) is 31.4. The molecular weight excluding hydrogens is 246 g/mol. The number of likely N-dealkylation sites (tertiary alicyclic amines) is 1. The molecule has 0 amide bonds. The van der Waals surface area contributed by atoms with Gasteiger partial charge in [-0.25, -0.2) is 4.39 Å². The summed E-state index contributed by atoms with van der Waals surface area (Å²) >= 11 is 0. The van der Waals surface area contributed by atoms with Crippen molar-refractivity contribution in [2.24, 2.45) is 5.41 Å². The second-order valence-electron chi connectivity index (χ2n) is 4.28. The van der Waals surface area contributed by atoms with E-state index in [-0.39, 0.29) is 44.7 Å². The van der Waals surface area contributed by atoms with Crippen molar-refractivity contribution in [3.05, 3.63) is 0 Å². The number of alkyl halides is 1. The predicted molar refractivity (Wildman–Crippen MR) is 44.7 cm³/mol. The van der Waals surface area contributed by atoms with Gasteiger partial charge >= 0.3 is 0 Å². The second kappa shape index (κ2) is 4.65. The Morgan fingerprint density at radius 3 is 2.54 bits per heavy atom. The van der Waals surface area contributed by atoms with E-state index in [1.54, 1.807) is 0 Å². The van der Waals surface area contributed by atoms with Crippen molar-refractivity contribution in [3.8, 4) is 0 Å². The maximum Gasteiger partial charge on any atom is 0.114 e. The Labute approximate surface area is 104 Å². The Hall–Kier alpha value is 0.954. The van der Waals surface area contributed by atoms with Crippen LogP contribution in [0, 0.1) is 5.41 Å². The number of aliphatic hydroxyl groups excluding tert-OH is 1. The third-order valence-corrected chi connectivity index (χ3v) is 3.07. The van der Waals surface area contributed by atoms with Gasteiger partial charge in [-0.05, 0) is 19.3 Å². The molecule has 0 bridgehead atoms. The second-order valence-corrected chi connectivity index (χ2v) is 4.28. The Morgan fingerprint density at radius 1 is 1.46 bits per heavy atom. The number of hydrogen-bond acceptors (Lipinski definition) is 2. The van der Waals surface area contributed by atoms with Crippen molar-refractivity contribution in [2.45, 2.75) is 25.4 Å². The van der Waals surface area contributed by atoms with Crippen LogP contribution in [0.2, 0.25) is 0 Å². The molecule has 1 saturated heterocycles. The first-order valence-electron chi connectivity index (χ1n) is 4.71. The van der Waals surface area contributed by atoms with Gasteiger partial charge in [0.05, 0.1) is 0 Å². The van der Waals surface area contributed by atoms with E-state index in [1.807, 2.05) is 0 Å². The molecular formula is C9H16FNOY. The van der Waals surface area contributed by atoms with E-state index in [0.717, 1.165) is 25.9 Å². The van der Waals surface area contributed by atoms with Crippen LogP contribution >= 0.6 is 0 Å². The molecule has 2 rings (SSSR count). The summed E-state index contributed by atoms with van der Waals surface area (Å²) in [6.07, 6.45) is 2.30. The van der Waals surface area contributed by atoms with Gasteiger partial charge < -0.3 is 5.11 Å². The van der Waals surface area contributed by atoms with Crippen molar-refractivity contribution in [1.82, 2.24) is 4.90 Å². The monoisotopic (exact) mass is 262 g/mol. The minimum absolute atomic E-state index is 0. The summed E-state index contributed by atoms with van der Waals surface area (Å²) in [6, 6.07) is 0. The minimum Gasteiger partial charge on any atom is -0.396 e. The number of halogens is 1. The zero-order chi connectivity index (χ0) is 8.60. The molecule has 1 saturated carbocycles. The largest absolute Gasteiger partial charge is 0.396 e. The average molecular weight is 262 g/mol. The van der Waals surface area contributed by atoms with Crippen LogP contribution in [0.4, 0.5) is 4.39 Å². The van der Waals surface area contributed by atoms with E-state index in [1.165, 1.54) is 0 Å². The fourth-order valence-electron chi connectivity index (χ4n) is 1.95. The molecule has 2 fully saturated rings. The van der Waals surface area contributed by atoms with E-state index in [9.17, 15) is 4.39 Å². The van der Waals surface area contributed by atoms with Gasteiger partial charge in [0.2, 0.25) is 0 Å². The van der Waals surface area contributed by atoms with Gasteiger partial charge in [-0.2, -0.15) is 0 Å². The van der Waals surface area contributed by atoms with Crippen molar-refractivity contribution in [2.75, 3.05) is 26.2 Å². The molecule has 0 aromatic heterocycles. The molecule has 1 unspecified atom stereocenters. The van der Waals surface area contributed by atoms with Gasteiger partial charge in [-0.15, -0.1) is 0 Å². The number of aliphatic hydroxyl groups is 1. The zero-order valence-corrected chi connectivity index (χ0v) is 10.7. The summed E-state index contributed by atoms with van der Waals surface area (Å²) in [5.74, 6) is 0. The summed E-state index contributed by atoms with van der Waals surface area (Å²) in [5.41, 5.74) is 0.157. The SMILES string of the molecule is OCC1(CN2CCC(F)C2)CC1.[Y]. The van der Waals surface area contributed by atoms with Crippen molar-refractivity contribution >= 4 is 0 Å². The standard InChI is InChI=1S/C9H16FNO.Y/c10-8-1-4-11(5-8)6-9(7-12)2-3-9;/h8,12H,1-7H2;. The van der Waals surface area contributed by atoms with Gasteiger partial charge in [0, 0.05) is 64.4 Å². The smallest absolute Gasteiger partial charge is 0.114 e. The molecule has 0 spiro atoms. The van der Waals surface area contributed by atoms with Crippen LogP contribution in [0.1, 0.15) is 19.3 Å².